The van der Waals surface area contributed by atoms with Crippen molar-refractivity contribution < 1.29 is 9.84 Å². The molecule has 0 atom stereocenters. The summed E-state index contributed by atoms with van der Waals surface area (Å²) < 4.78 is 5.61. The van der Waals surface area contributed by atoms with Crippen molar-refractivity contribution in [2.45, 2.75) is 26.2 Å². The topological polar surface area (TPSA) is 75.2 Å². The molecule has 1 aromatic heterocycles. The van der Waals surface area contributed by atoms with Crippen LogP contribution < -0.4 is 10.3 Å². The van der Waals surface area contributed by atoms with Crippen molar-refractivity contribution in [1.29, 1.82) is 0 Å². The summed E-state index contributed by atoms with van der Waals surface area (Å²) in [5.74, 6) is 0.508. The Kier molecular flexibility index (Phi) is 5.45. The predicted octanol–water partition coefficient (Wildman–Crippen LogP) is 3.53. The maximum atomic E-state index is 11.7. The van der Waals surface area contributed by atoms with Gasteiger partial charge in [-0.05, 0) is 30.0 Å². The van der Waals surface area contributed by atoms with Crippen LogP contribution in [0.3, 0.4) is 0 Å². The van der Waals surface area contributed by atoms with Gasteiger partial charge in [0.1, 0.15) is 0 Å². The quantitative estimate of drug-likeness (QED) is 0.871. The molecule has 0 bridgehead atoms. The van der Waals surface area contributed by atoms with E-state index in [-0.39, 0.29) is 29.7 Å². The third kappa shape index (κ3) is 3.80. The molecule has 2 rings (SSSR count). The molecule has 1 heterocycles. The lowest BCUT2D eigenvalue weighted by molar-refractivity contribution is 0.299. The van der Waals surface area contributed by atoms with E-state index < -0.39 is 0 Å². The molecular formula is C15H16Cl2N2O3. The van der Waals surface area contributed by atoms with Crippen LogP contribution in [0.2, 0.25) is 10.0 Å². The first-order valence-corrected chi connectivity index (χ1v) is 7.54. The number of H-pyrrole nitrogens is 1. The van der Waals surface area contributed by atoms with E-state index in [0.29, 0.717) is 22.0 Å². The number of rotatable bonds is 5. The molecule has 0 unspecified atom stereocenters. The van der Waals surface area contributed by atoms with Crippen LogP contribution in [-0.2, 0) is 6.42 Å². The number of nitrogens with zero attached hydrogens (tertiary/aromatic N) is 1. The second-order valence-electron chi connectivity index (χ2n) is 5.11. The van der Waals surface area contributed by atoms with Gasteiger partial charge in [0.25, 0.3) is 5.56 Å². The zero-order chi connectivity index (χ0) is 16.3. The van der Waals surface area contributed by atoms with E-state index in [0.717, 1.165) is 5.56 Å². The Morgan fingerprint density at radius 1 is 1.27 bits per heavy atom. The molecular weight excluding hydrogens is 327 g/mol. The number of aromatic nitrogens is 2. The molecule has 118 valence electrons. The van der Waals surface area contributed by atoms with E-state index in [1.807, 2.05) is 13.8 Å². The number of halogens is 2. The summed E-state index contributed by atoms with van der Waals surface area (Å²) in [4.78, 5) is 11.7. The summed E-state index contributed by atoms with van der Waals surface area (Å²) in [5, 5.41) is 15.8. The first-order chi connectivity index (χ1) is 10.4. The molecule has 0 amide bonds. The Labute approximate surface area is 137 Å². The van der Waals surface area contributed by atoms with Gasteiger partial charge in [0.05, 0.1) is 10.0 Å². The first kappa shape index (κ1) is 16.8. The average Bonchev–Trinajstić information content (AvgIpc) is 2.44. The molecule has 0 spiro atoms. The number of aromatic amines is 1. The van der Waals surface area contributed by atoms with Gasteiger partial charge in [-0.1, -0.05) is 37.0 Å². The summed E-state index contributed by atoms with van der Waals surface area (Å²) in [6, 6.07) is 4.92. The van der Waals surface area contributed by atoms with Gasteiger partial charge in [-0.3, -0.25) is 4.79 Å². The molecule has 0 aliphatic heterocycles. The molecule has 1 aromatic carbocycles. The van der Waals surface area contributed by atoms with Crippen LogP contribution in [0, 0.1) is 0 Å². The summed E-state index contributed by atoms with van der Waals surface area (Å²) in [6.07, 6.45) is 0.453. The number of aliphatic hydroxyl groups is 1. The second-order valence-corrected chi connectivity index (χ2v) is 5.92. The smallest absolute Gasteiger partial charge is 0.267 e. The number of hydrogen-bond acceptors (Lipinski definition) is 4. The van der Waals surface area contributed by atoms with Gasteiger partial charge in [0, 0.05) is 18.2 Å². The van der Waals surface area contributed by atoms with E-state index in [1.165, 1.54) is 0 Å². The third-order valence-corrected chi connectivity index (χ3v) is 3.66. The Hall–Kier alpha value is -1.56. The standard InChI is InChI=1S/C15H16Cl2N2O3/c1-8(2)10-7-13(18-19-15(10)21)22-14-11(16)5-9(3-4-20)6-12(14)17/h5-8,20H,3-4H2,1-2H3,(H,19,21). The highest BCUT2D eigenvalue weighted by atomic mass is 35.5. The number of aliphatic hydroxyl groups excluding tert-OH is 1. The molecule has 5 nitrogen and oxygen atoms in total. The number of hydrogen-bond donors (Lipinski definition) is 2. The van der Waals surface area contributed by atoms with Crippen LogP contribution in [0.15, 0.2) is 23.0 Å². The minimum atomic E-state index is -0.252. The minimum absolute atomic E-state index is 0.00604. The molecule has 0 aliphatic rings. The highest BCUT2D eigenvalue weighted by Crippen LogP contribution is 2.37. The van der Waals surface area contributed by atoms with Crippen LogP contribution in [0.5, 0.6) is 11.6 Å². The summed E-state index contributed by atoms with van der Waals surface area (Å²) >= 11 is 12.3. The fourth-order valence-electron chi connectivity index (χ4n) is 1.97. The first-order valence-electron chi connectivity index (χ1n) is 6.78. The highest BCUT2D eigenvalue weighted by Gasteiger charge is 2.14. The van der Waals surface area contributed by atoms with Gasteiger partial charge in [0.15, 0.2) is 5.75 Å². The number of ether oxygens (including phenoxy) is 1. The largest absolute Gasteiger partial charge is 0.434 e. The fraction of sp³-hybridized carbons (Fsp3) is 0.333. The molecule has 0 radical (unpaired) electrons. The van der Waals surface area contributed by atoms with Crippen molar-refractivity contribution >= 4 is 23.2 Å². The van der Waals surface area contributed by atoms with E-state index in [4.69, 9.17) is 33.0 Å². The van der Waals surface area contributed by atoms with E-state index >= 15 is 0 Å². The highest BCUT2D eigenvalue weighted by molar-refractivity contribution is 6.37. The van der Waals surface area contributed by atoms with Crippen LogP contribution in [0.1, 0.15) is 30.9 Å². The second kappa shape index (κ2) is 7.13. The monoisotopic (exact) mass is 342 g/mol. The van der Waals surface area contributed by atoms with Gasteiger partial charge < -0.3 is 9.84 Å². The Morgan fingerprint density at radius 3 is 2.45 bits per heavy atom. The molecule has 7 heteroatoms. The van der Waals surface area contributed by atoms with Gasteiger partial charge in [-0.2, -0.15) is 0 Å². The molecule has 22 heavy (non-hydrogen) atoms. The van der Waals surface area contributed by atoms with Gasteiger partial charge in [0.2, 0.25) is 5.88 Å². The SMILES string of the molecule is CC(C)c1cc(Oc2c(Cl)cc(CCO)cc2Cl)n[nH]c1=O. The zero-order valence-electron chi connectivity index (χ0n) is 12.2. The molecule has 0 saturated carbocycles. The van der Waals surface area contributed by atoms with Crippen molar-refractivity contribution in [3.05, 3.63) is 49.7 Å². The number of nitrogens with one attached hydrogen (secondary N) is 1. The van der Waals surface area contributed by atoms with E-state index in [1.54, 1.807) is 18.2 Å². The van der Waals surface area contributed by atoms with Crippen LogP contribution in [0.25, 0.3) is 0 Å². The van der Waals surface area contributed by atoms with Gasteiger partial charge in [-0.15, -0.1) is 5.10 Å². The van der Waals surface area contributed by atoms with E-state index in [2.05, 4.69) is 10.2 Å². The minimum Gasteiger partial charge on any atom is -0.434 e. The predicted molar refractivity (Wildman–Crippen MR) is 86.3 cm³/mol. The summed E-state index contributed by atoms with van der Waals surface area (Å²) in [7, 11) is 0. The zero-order valence-corrected chi connectivity index (χ0v) is 13.7. The van der Waals surface area contributed by atoms with Crippen molar-refractivity contribution in [1.82, 2.24) is 10.2 Å². The molecule has 2 aromatic rings. The Morgan fingerprint density at radius 2 is 1.91 bits per heavy atom. The Balaban J connectivity index is 2.35. The van der Waals surface area contributed by atoms with Gasteiger partial charge in [-0.25, -0.2) is 5.10 Å². The van der Waals surface area contributed by atoms with Gasteiger partial charge >= 0.3 is 0 Å². The van der Waals surface area contributed by atoms with Crippen molar-refractivity contribution in [2.75, 3.05) is 6.61 Å². The number of benzene rings is 1. The lowest BCUT2D eigenvalue weighted by Crippen LogP contribution is -2.15. The summed E-state index contributed by atoms with van der Waals surface area (Å²) in [6.45, 7) is 3.81. The van der Waals surface area contributed by atoms with Crippen molar-refractivity contribution in [3.63, 3.8) is 0 Å². The normalized spacial score (nSPS) is 11.0. The van der Waals surface area contributed by atoms with Crippen LogP contribution in [0.4, 0.5) is 0 Å². The maximum absolute atomic E-state index is 11.7. The fourth-order valence-corrected chi connectivity index (χ4v) is 2.58. The molecule has 0 fully saturated rings. The molecule has 0 saturated heterocycles. The van der Waals surface area contributed by atoms with Crippen LogP contribution >= 0.6 is 23.2 Å². The molecule has 0 aliphatic carbocycles. The lowest BCUT2D eigenvalue weighted by atomic mass is 10.1. The maximum Gasteiger partial charge on any atom is 0.267 e. The van der Waals surface area contributed by atoms with E-state index in [9.17, 15) is 4.79 Å². The van der Waals surface area contributed by atoms with Crippen molar-refractivity contribution in [3.8, 4) is 11.6 Å². The third-order valence-electron chi connectivity index (χ3n) is 3.10. The van der Waals surface area contributed by atoms with Crippen LogP contribution in [-0.4, -0.2) is 21.9 Å². The van der Waals surface area contributed by atoms with Crippen molar-refractivity contribution in [2.24, 2.45) is 0 Å². The lowest BCUT2D eigenvalue weighted by Gasteiger charge is -2.11. The average molecular weight is 343 g/mol. The Bertz CT molecular complexity index is 706. The summed E-state index contributed by atoms with van der Waals surface area (Å²) in [5.41, 5.74) is 1.12. The molecule has 2 N–H and O–H groups in total.